The van der Waals surface area contributed by atoms with Crippen LogP contribution in [-0.4, -0.2) is 23.2 Å². The van der Waals surface area contributed by atoms with Crippen LogP contribution in [0.2, 0.25) is 0 Å². The van der Waals surface area contributed by atoms with Gasteiger partial charge in [-0.1, -0.05) is 31.5 Å². The van der Waals surface area contributed by atoms with E-state index in [1.165, 1.54) is 16.0 Å². The summed E-state index contributed by atoms with van der Waals surface area (Å²) in [6.07, 6.45) is 0.716. The average molecular weight is 294 g/mol. The predicted molar refractivity (Wildman–Crippen MR) is 87.1 cm³/mol. The van der Waals surface area contributed by atoms with Crippen molar-refractivity contribution in [2.45, 2.75) is 56.7 Å². The first-order valence-electron chi connectivity index (χ1n) is 7.07. The zero-order chi connectivity index (χ0) is 15.3. The molecule has 3 nitrogen and oxygen atoms in total. The number of aryl methyl sites for hydroxylation is 2. The van der Waals surface area contributed by atoms with Gasteiger partial charge in [-0.25, -0.2) is 0 Å². The molecule has 0 aliphatic rings. The summed E-state index contributed by atoms with van der Waals surface area (Å²) < 4.78 is 0. The van der Waals surface area contributed by atoms with E-state index >= 15 is 0 Å². The first-order chi connectivity index (χ1) is 9.28. The summed E-state index contributed by atoms with van der Waals surface area (Å²) in [7, 11) is 0. The van der Waals surface area contributed by atoms with Gasteiger partial charge in [-0.2, -0.15) is 0 Å². The van der Waals surface area contributed by atoms with Gasteiger partial charge in [0, 0.05) is 10.1 Å². The number of primary amides is 1. The molecule has 0 saturated heterocycles. The molecule has 0 heterocycles. The maximum Gasteiger partial charge on any atom is 0.237 e. The number of benzene rings is 1. The van der Waals surface area contributed by atoms with Crippen LogP contribution in [0, 0.1) is 13.8 Å². The van der Waals surface area contributed by atoms with Crippen molar-refractivity contribution >= 4 is 17.7 Å². The fraction of sp³-hybridized carbons (Fsp3) is 0.562. The Morgan fingerprint density at radius 1 is 1.45 bits per heavy atom. The number of hydrogen-bond donors (Lipinski definition) is 2. The minimum absolute atomic E-state index is 0.284. The Balaban J connectivity index is 2.78. The lowest BCUT2D eigenvalue weighted by Gasteiger charge is -2.30. The summed E-state index contributed by atoms with van der Waals surface area (Å²) in [5.41, 5.74) is 7.44. The normalized spacial score (nSPS) is 15.7. The van der Waals surface area contributed by atoms with Gasteiger partial charge in [0.05, 0.1) is 5.54 Å². The van der Waals surface area contributed by atoms with E-state index in [0.29, 0.717) is 11.7 Å². The quantitative estimate of drug-likeness (QED) is 0.760. The third-order valence-electron chi connectivity index (χ3n) is 3.48. The van der Waals surface area contributed by atoms with Gasteiger partial charge >= 0.3 is 0 Å². The molecule has 0 radical (unpaired) electrons. The molecule has 0 bridgehead atoms. The second kappa shape index (κ2) is 7.14. The average Bonchev–Trinajstić information content (AvgIpc) is 2.33. The second-order valence-electron chi connectivity index (χ2n) is 5.63. The number of carbonyl (C=O) groups is 1. The SMILES string of the molecule is CCNC(C)(CC(C)Sc1cc(C)ccc1C)C(N)=O. The van der Waals surface area contributed by atoms with Gasteiger partial charge in [0.15, 0.2) is 0 Å². The Bertz CT molecular complexity index is 476. The molecule has 0 aromatic heterocycles. The lowest BCUT2D eigenvalue weighted by atomic mass is 9.95. The number of carbonyl (C=O) groups excluding carboxylic acids is 1. The number of likely N-dealkylation sites (N-methyl/N-ethyl adjacent to an activating group) is 1. The van der Waals surface area contributed by atoms with Crippen molar-refractivity contribution in [3.8, 4) is 0 Å². The highest BCUT2D eigenvalue weighted by atomic mass is 32.2. The molecule has 2 unspecified atom stereocenters. The minimum atomic E-state index is -0.640. The molecule has 0 aliphatic heterocycles. The fourth-order valence-electron chi connectivity index (χ4n) is 2.32. The topological polar surface area (TPSA) is 55.1 Å². The summed E-state index contributed by atoms with van der Waals surface area (Å²) >= 11 is 1.81. The lowest BCUT2D eigenvalue weighted by Crippen LogP contribution is -2.54. The van der Waals surface area contributed by atoms with Crippen molar-refractivity contribution in [1.29, 1.82) is 0 Å². The zero-order valence-electron chi connectivity index (χ0n) is 13.1. The smallest absolute Gasteiger partial charge is 0.237 e. The third kappa shape index (κ3) is 4.53. The summed E-state index contributed by atoms with van der Waals surface area (Å²) in [5.74, 6) is -0.284. The number of nitrogens with two attached hydrogens (primary N) is 1. The molecule has 4 heteroatoms. The molecule has 0 fully saturated rings. The Labute approximate surface area is 126 Å². The third-order valence-corrected chi connectivity index (χ3v) is 4.74. The number of hydrogen-bond acceptors (Lipinski definition) is 3. The van der Waals surface area contributed by atoms with E-state index < -0.39 is 5.54 Å². The first kappa shape index (κ1) is 17.1. The summed E-state index contributed by atoms with van der Waals surface area (Å²) in [4.78, 5) is 12.9. The molecule has 0 spiro atoms. The van der Waals surface area contributed by atoms with Gasteiger partial charge in [0.1, 0.15) is 0 Å². The van der Waals surface area contributed by atoms with E-state index in [1.807, 2.05) is 13.8 Å². The van der Waals surface area contributed by atoms with Gasteiger partial charge in [0.25, 0.3) is 0 Å². The van der Waals surface area contributed by atoms with Crippen molar-refractivity contribution < 1.29 is 4.79 Å². The van der Waals surface area contributed by atoms with Gasteiger partial charge in [-0.05, 0) is 45.4 Å². The van der Waals surface area contributed by atoms with Crippen LogP contribution in [0.3, 0.4) is 0 Å². The molecule has 1 amide bonds. The molecule has 0 saturated carbocycles. The highest BCUT2D eigenvalue weighted by Crippen LogP contribution is 2.31. The highest BCUT2D eigenvalue weighted by Gasteiger charge is 2.32. The standard InChI is InChI=1S/C16H26N2OS/c1-6-18-16(5,15(17)19)10-13(4)20-14-9-11(2)7-8-12(14)3/h7-9,13,18H,6,10H2,1-5H3,(H2,17,19). The molecule has 1 aromatic carbocycles. The van der Waals surface area contributed by atoms with Crippen LogP contribution in [0.1, 0.15) is 38.3 Å². The molecule has 2 atom stereocenters. The molecule has 20 heavy (non-hydrogen) atoms. The maximum atomic E-state index is 11.7. The van der Waals surface area contributed by atoms with Crippen LogP contribution in [0.4, 0.5) is 0 Å². The van der Waals surface area contributed by atoms with Gasteiger partial charge < -0.3 is 11.1 Å². The molecule has 0 aliphatic carbocycles. The second-order valence-corrected chi connectivity index (χ2v) is 7.11. The van der Waals surface area contributed by atoms with E-state index in [4.69, 9.17) is 5.73 Å². The van der Waals surface area contributed by atoms with Crippen LogP contribution in [-0.2, 0) is 4.79 Å². The van der Waals surface area contributed by atoms with E-state index in [9.17, 15) is 4.79 Å². The van der Waals surface area contributed by atoms with Gasteiger partial charge in [-0.3, -0.25) is 4.79 Å². The van der Waals surface area contributed by atoms with Gasteiger partial charge in [0.2, 0.25) is 5.91 Å². The zero-order valence-corrected chi connectivity index (χ0v) is 13.9. The largest absolute Gasteiger partial charge is 0.368 e. The Morgan fingerprint density at radius 3 is 2.65 bits per heavy atom. The Kier molecular flexibility index (Phi) is 6.08. The molecule has 3 N–H and O–H groups in total. The van der Waals surface area contributed by atoms with Crippen molar-refractivity contribution in [2.24, 2.45) is 5.73 Å². The summed E-state index contributed by atoms with van der Waals surface area (Å²) in [6.45, 7) is 11.0. The van der Waals surface area contributed by atoms with Gasteiger partial charge in [-0.15, -0.1) is 11.8 Å². The lowest BCUT2D eigenvalue weighted by molar-refractivity contribution is -0.124. The van der Waals surface area contributed by atoms with Crippen LogP contribution in [0.15, 0.2) is 23.1 Å². The maximum absolute atomic E-state index is 11.7. The number of rotatable bonds is 7. The molecule has 1 aromatic rings. The van der Waals surface area contributed by atoms with E-state index in [2.05, 4.69) is 44.3 Å². The monoisotopic (exact) mass is 294 g/mol. The Hall–Kier alpha value is -1.00. The summed E-state index contributed by atoms with van der Waals surface area (Å²) in [6, 6.07) is 6.46. The van der Waals surface area contributed by atoms with Crippen LogP contribution < -0.4 is 11.1 Å². The first-order valence-corrected chi connectivity index (χ1v) is 7.95. The van der Waals surface area contributed by atoms with Crippen molar-refractivity contribution in [2.75, 3.05) is 6.54 Å². The van der Waals surface area contributed by atoms with Crippen LogP contribution in [0.25, 0.3) is 0 Å². The van der Waals surface area contributed by atoms with Crippen molar-refractivity contribution in [3.63, 3.8) is 0 Å². The highest BCUT2D eigenvalue weighted by molar-refractivity contribution is 8.00. The van der Waals surface area contributed by atoms with Crippen molar-refractivity contribution in [3.05, 3.63) is 29.3 Å². The molecular weight excluding hydrogens is 268 g/mol. The summed E-state index contributed by atoms with van der Waals surface area (Å²) in [5, 5.41) is 3.53. The predicted octanol–water partition coefficient (Wildman–Crippen LogP) is 3.03. The number of amides is 1. The Morgan fingerprint density at radius 2 is 2.10 bits per heavy atom. The number of thioether (sulfide) groups is 1. The van der Waals surface area contributed by atoms with Crippen molar-refractivity contribution in [1.82, 2.24) is 5.32 Å². The molecule has 112 valence electrons. The van der Waals surface area contributed by atoms with Crippen LogP contribution in [0.5, 0.6) is 0 Å². The molecular formula is C16H26N2OS. The van der Waals surface area contributed by atoms with Crippen LogP contribution >= 0.6 is 11.8 Å². The van der Waals surface area contributed by atoms with E-state index in [-0.39, 0.29) is 5.91 Å². The molecule has 1 rings (SSSR count). The van der Waals surface area contributed by atoms with E-state index in [1.54, 1.807) is 11.8 Å². The van der Waals surface area contributed by atoms with E-state index in [0.717, 1.165) is 6.54 Å². The fourth-order valence-corrected chi connectivity index (χ4v) is 3.68. The minimum Gasteiger partial charge on any atom is -0.368 e. The number of nitrogens with one attached hydrogen (secondary N) is 1.